The molecule has 0 saturated heterocycles. The standard InChI is InChI=1S/C23H28ClNO3/c1-5-6-11-28-22(27)19-14(2)25-17-12-23(3,4)13-18(26)21(17)20(19)15-7-9-16(24)10-8-15/h7-10,20-21H,5-6,11-13H2,1-4H3. The number of ketones is 1. The van der Waals surface area contributed by atoms with Crippen LogP contribution in [0.2, 0.25) is 5.02 Å². The van der Waals surface area contributed by atoms with Crippen LogP contribution in [0.5, 0.6) is 0 Å². The van der Waals surface area contributed by atoms with Crippen LogP contribution < -0.4 is 0 Å². The lowest BCUT2D eigenvalue weighted by atomic mass is 9.63. The van der Waals surface area contributed by atoms with Crippen molar-refractivity contribution in [3.05, 3.63) is 46.1 Å². The molecule has 3 rings (SSSR count). The first-order valence-corrected chi connectivity index (χ1v) is 10.3. The normalized spacial score (nSPS) is 23.9. The zero-order valence-electron chi connectivity index (χ0n) is 17.0. The summed E-state index contributed by atoms with van der Waals surface area (Å²) in [7, 11) is 0. The average molecular weight is 402 g/mol. The fourth-order valence-electron chi connectivity index (χ4n) is 4.28. The molecule has 1 aromatic carbocycles. The van der Waals surface area contributed by atoms with Gasteiger partial charge in [-0.1, -0.05) is 50.9 Å². The van der Waals surface area contributed by atoms with Gasteiger partial charge in [0.15, 0.2) is 0 Å². The number of rotatable bonds is 5. The monoisotopic (exact) mass is 401 g/mol. The largest absolute Gasteiger partial charge is 0.462 e. The second-order valence-corrected chi connectivity index (χ2v) is 9.02. The summed E-state index contributed by atoms with van der Waals surface area (Å²) < 4.78 is 5.52. The van der Waals surface area contributed by atoms with Crippen LogP contribution in [-0.4, -0.2) is 24.1 Å². The Bertz CT molecular complexity index is 836. The molecular formula is C23H28ClNO3. The first-order chi connectivity index (χ1) is 13.2. The fourth-order valence-corrected chi connectivity index (χ4v) is 4.40. The number of nitrogens with zero attached hydrogens (tertiary/aromatic N) is 1. The lowest BCUT2D eigenvalue weighted by molar-refractivity contribution is -0.139. The quantitative estimate of drug-likeness (QED) is 0.483. The van der Waals surface area contributed by atoms with Crippen LogP contribution >= 0.6 is 11.6 Å². The van der Waals surface area contributed by atoms with Gasteiger partial charge in [-0.3, -0.25) is 9.79 Å². The molecule has 5 heteroatoms. The number of hydrogen-bond donors (Lipinski definition) is 0. The van der Waals surface area contributed by atoms with Crippen molar-refractivity contribution < 1.29 is 14.3 Å². The van der Waals surface area contributed by atoms with Crippen molar-refractivity contribution in [3.63, 3.8) is 0 Å². The van der Waals surface area contributed by atoms with Crippen LogP contribution in [0.25, 0.3) is 0 Å². The Hall–Kier alpha value is -1.94. The highest BCUT2D eigenvalue weighted by atomic mass is 35.5. The average Bonchev–Trinajstić information content (AvgIpc) is 2.60. The van der Waals surface area contributed by atoms with E-state index in [-0.39, 0.29) is 23.1 Å². The third-order valence-electron chi connectivity index (χ3n) is 5.54. The molecule has 1 aliphatic heterocycles. The third kappa shape index (κ3) is 4.22. The van der Waals surface area contributed by atoms with Gasteiger partial charge >= 0.3 is 5.97 Å². The van der Waals surface area contributed by atoms with Crippen molar-refractivity contribution in [1.29, 1.82) is 0 Å². The molecule has 0 N–H and O–H groups in total. The van der Waals surface area contributed by atoms with Crippen molar-refractivity contribution in [1.82, 2.24) is 0 Å². The van der Waals surface area contributed by atoms with Gasteiger partial charge in [0.2, 0.25) is 0 Å². The number of hydrogen-bond acceptors (Lipinski definition) is 4. The van der Waals surface area contributed by atoms with Crippen LogP contribution in [-0.2, 0) is 14.3 Å². The van der Waals surface area contributed by atoms with E-state index in [1.165, 1.54) is 0 Å². The predicted molar refractivity (Wildman–Crippen MR) is 112 cm³/mol. The molecule has 0 aromatic heterocycles. The second-order valence-electron chi connectivity index (χ2n) is 8.58. The number of halogens is 1. The molecule has 0 amide bonds. The molecule has 1 aromatic rings. The van der Waals surface area contributed by atoms with Gasteiger partial charge in [0, 0.05) is 28.8 Å². The first-order valence-electron chi connectivity index (χ1n) is 9.97. The Morgan fingerprint density at radius 2 is 1.89 bits per heavy atom. The number of ether oxygens (including phenoxy) is 1. The number of esters is 1. The smallest absolute Gasteiger partial charge is 0.336 e. The van der Waals surface area contributed by atoms with E-state index in [1.807, 2.05) is 19.1 Å². The molecule has 28 heavy (non-hydrogen) atoms. The number of fused-ring (bicyclic) bond motifs is 1. The maximum absolute atomic E-state index is 13.1. The summed E-state index contributed by atoms with van der Waals surface area (Å²) in [6, 6.07) is 7.40. The summed E-state index contributed by atoms with van der Waals surface area (Å²) in [5.41, 5.74) is 2.81. The van der Waals surface area contributed by atoms with Gasteiger partial charge in [0.05, 0.1) is 18.1 Å². The minimum absolute atomic E-state index is 0.115. The number of benzene rings is 1. The van der Waals surface area contributed by atoms with Gasteiger partial charge in [0.25, 0.3) is 0 Å². The van der Waals surface area contributed by atoms with E-state index < -0.39 is 5.92 Å². The Morgan fingerprint density at radius 3 is 2.54 bits per heavy atom. The van der Waals surface area contributed by atoms with Gasteiger partial charge in [-0.15, -0.1) is 0 Å². The van der Waals surface area contributed by atoms with Crippen LogP contribution in [0, 0.1) is 11.3 Å². The predicted octanol–water partition coefficient (Wildman–Crippen LogP) is 5.50. The highest BCUT2D eigenvalue weighted by Crippen LogP contribution is 2.47. The summed E-state index contributed by atoms with van der Waals surface area (Å²) >= 11 is 6.07. The van der Waals surface area contributed by atoms with Gasteiger partial charge in [0.1, 0.15) is 5.78 Å². The van der Waals surface area contributed by atoms with Gasteiger partial charge in [-0.2, -0.15) is 0 Å². The molecule has 1 heterocycles. The summed E-state index contributed by atoms with van der Waals surface area (Å²) in [5, 5.41) is 0.623. The van der Waals surface area contributed by atoms with Crippen molar-refractivity contribution in [2.75, 3.05) is 6.61 Å². The molecule has 150 valence electrons. The van der Waals surface area contributed by atoms with E-state index in [4.69, 9.17) is 21.3 Å². The van der Waals surface area contributed by atoms with E-state index in [2.05, 4.69) is 20.8 Å². The molecule has 0 spiro atoms. The van der Waals surface area contributed by atoms with Crippen molar-refractivity contribution >= 4 is 29.1 Å². The Balaban J connectivity index is 2.07. The second kappa shape index (κ2) is 8.20. The fraction of sp³-hybridized carbons (Fsp3) is 0.522. The zero-order chi connectivity index (χ0) is 20.5. The van der Waals surface area contributed by atoms with E-state index in [9.17, 15) is 9.59 Å². The molecule has 4 nitrogen and oxygen atoms in total. The van der Waals surface area contributed by atoms with E-state index in [1.54, 1.807) is 12.1 Å². The van der Waals surface area contributed by atoms with Gasteiger partial charge < -0.3 is 4.74 Å². The SMILES string of the molecule is CCCCOC(=O)C1=C(C)N=C2CC(C)(C)CC(=O)C2C1c1ccc(Cl)cc1. The van der Waals surface area contributed by atoms with Crippen molar-refractivity contribution in [3.8, 4) is 0 Å². The maximum Gasteiger partial charge on any atom is 0.336 e. The van der Waals surface area contributed by atoms with Gasteiger partial charge in [-0.05, 0) is 42.9 Å². The molecular weight excluding hydrogens is 374 g/mol. The number of unbranched alkanes of at least 4 members (excludes halogenated alkanes) is 1. The van der Waals surface area contributed by atoms with Crippen molar-refractivity contribution in [2.45, 2.75) is 59.3 Å². The Kier molecular flexibility index (Phi) is 6.09. The summed E-state index contributed by atoms with van der Waals surface area (Å²) in [6.45, 7) is 8.45. The molecule has 1 fully saturated rings. The minimum atomic E-state index is -0.411. The molecule has 2 atom stereocenters. The summed E-state index contributed by atoms with van der Waals surface area (Å²) in [4.78, 5) is 30.8. The number of carbonyl (C=O) groups is 2. The van der Waals surface area contributed by atoms with E-state index in [0.29, 0.717) is 29.3 Å². The molecule has 2 aliphatic rings. The Labute approximate surface area is 172 Å². The number of Topliss-reactive ketones (excluding diaryl/α,β-unsaturated/α-hetero) is 1. The third-order valence-corrected chi connectivity index (χ3v) is 5.80. The number of allylic oxidation sites excluding steroid dienone is 1. The van der Waals surface area contributed by atoms with Gasteiger partial charge in [-0.25, -0.2) is 4.79 Å². The number of aliphatic imine (C=N–C) groups is 1. The van der Waals surface area contributed by atoms with E-state index in [0.717, 1.165) is 30.5 Å². The molecule has 2 unspecified atom stereocenters. The van der Waals surface area contributed by atoms with Crippen LogP contribution in [0.4, 0.5) is 0 Å². The lowest BCUT2D eigenvalue weighted by Gasteiger charge is -2.41. The highest BCUT2D eigenvalue weighted by Gasteiger charge is 2.47. The molecule has 0 radical (unpaired) electrons. The summed E-state index contributed by atoms with van der Waals surface area (Å²) in [6.07, 6.45) is 3.00. The number of carbonyl (C=O) groups excluding carboxylic acids is 2. The first kappa shape index (κ1) is 20.8. The van der Waals surface area contributed by atoms with E-state index >= 15 is 0 Å². The van der Waals surface area contributed by atoms with Crippen LogP contribution in [0.1, 0.15) is 64.9 Å². The molecule has 1 saturated carbocycles. The maximum atomic E-state index is 13.1. The highest BCUT2D eigenvalue weighted by molar-refractivity contribution is 6.30. The molecule has 1 aliphatic carbocycles. The zero-order valence-corrected chi connectivity index (χ0v) is 17.8. The molecule has 0 bridgehead atoms. The van der Waals surface area contributed by atoms with Crippen molar-refractivity contribution in [2.24, 2.45) is 16.3 Å². The Morgan fingerprint density at radius 1 is 1.21 bits per heavy atom. The summed E-state index contributed by atoms with van der Waals surface area (Å²) in [5.74, 6) is -1.01. The lowest BCUT2D eigenvalue weighted by Crippen LogP contribution is -2.44. The van der Waals surface area contributed by atoms with Crippen LogP contribution in [0.3, 0.4) is 0 Å². The minimum Gasteiger partial charge on any atom is -0.462 e. The van der Waals surface area contributed by atoms with Crippen LogP contribution in [0.15, 0.2) is 40.5 Å². The topological polar surface area (TPSA) is 55.7 Å².